The monoisotopic (exact) mass is 439 g/mol. The highest BCUT2D eigenvalue weighted by molar-refractivity contribution is 7.13. The SMILES string of the molecule is CCN(CC)C(=O)C1CCN(C(=O)c2csc(-c3cccc(C(F)(F)F)c3)n2)CC1. The number of hydrogen-bond acceptors (Lipinski definition) is 4. The van der Waals surface area contributed by atoms with Gasteiger partial charge >= 0.3 is 6.18 Å². The third-order valence-electron chi connectivity index (χ3n) is 5.37. The average Bonchev–Trinajstić information content (AvgIpc) is 3.24. The molecule has 1 aromatic carbocycles. The van der Waals surface area contributed by atoms with Crippen molar-refractivity contribution in [2.45, 2.75) is 32.9 Å². The second-order valence-electron chi connectivity index (χ2n) is 7.19. The van der Waals surface area contributed by atoms with E-state index in [-0.39, 0.29) is 23.4 Å². The van der Waals surface area contributed by atoms with Gasteiger partial charge in [-0.15, -0.1) is 11.3 Å². The highest BCUT2D eigenvalue weighted by Gasteiger charge is 2.32. The van der Waals surface area contributed by atoms with E-state index < -0.39 is 11.7 Å². The van der Waals surface area contributed by atoms with Crippen molar-refractivity contribution in [1.29, 1.82) is 0 Å². The first-order valence-corrected chi connectivity index (χ1v) is 10.8. The lowest BCUT2D eigenvalue weighted by Gasteiger charge is -2.33. The summed E-state index contributed by atoms with van der Waals surface area (Å²) in [4.78, 5) is 33.0. The van der Waals surface area contributed by atoms with Gasteiger partial charge in [-0.3, -0.25) is 9.59 Å². The summed E-state index contributed by atoms with van der Waals surface area (Å²) < 4.78 is 38.8. The zero-order valence-electron chi connectivity index (χ0n) is 16.9. The number of rotatable bonds is 5. The highest BCUT2D eigenvalue weighted by Crippen LogP contribution is 2.33. The third-order valence-corrected chi connectivity index (χ3v) is 6.26. The molecule has 1 aliphatic rings. The Morgan fingerprint density at radius 3 is 2.47 bits per heavy atom. The van der Waals surface area contributed by atoms with Crippen LogP contribution in [0, 0.1) is 5.92 Å². The van der Waals surface area contributed by atoms with E-state index in [4.69, 9.17) is 0 Å². The predicted molar refractivity (Wildman–Crippen MR) is 109 cm³/mol. The Balaban J connectivity index is 1.66. The molecule has 1 aliphatic heterocycles. The summed E-state index contributed by atoms with van der Waals surface area (Å²) in [5.74, 6) is -0.198. The molecule has 0 atom stereocenters. The fraction of sp³-hybridized carbons (Fsp3) is 0.476. The Hall–Kier alpha value is -2.42. The van der Waals surface area contributed by atoms with Crippen LogP contribution in [0.15, 0.2) is 29.6 Å². The summed E-state index contributed by atoms with van der Waals surface area (Å²) in [6, 6.07) is 4.93. The maximum absolute atomic E-state index is 12.9. The number of carbonyl (C=O) groups excluding carboxylic acids is 2. The zero-order valence-corrected chi connectivity index (χ0v) is 17.7. The second-order valence-corrected chi connectivity index (χ2v) is 8.05. The molecule has 0 aliphatic carbocycles. The van der Waals surface area contributed by atoms with E-state index in [2.05, 4.69) is 4.98 Å². The van der Waals surface area contributed by atoms with Gasteiger partial charge in [-0.2, -0.15) is 13.2 Å². The molecule has 0 bridgehead atoms. The second kappa shape index (κ2) is 9.16. The molecule has 0 radical (unpaired) electrons. The van der Waals surface area contributed by atoms with Crippen LogP contribution in [0.25, 0.3) is 10.6 Å². The number of aromatic nitrogens is 1. The number of nitrogens with zero attached hydrogens (tertiary/aromatic N) is 3. The van der Waals surface area contributed by atoms with E-state index in [1.54, 1.807) is 16.3 Å². The van der Waals surface area contributed by atoms with Crippen molar-refractivity contribution in [1.82, 2.24) is 14.8 Å². The first-order chi connectivity index (χ1) is 14.2. The molecule has 5 nitrogen and oxygen atoms in total. The lowest BCUT2D eigenvalue weighted by atomic mass is 9.95. The molecule has 0 saturated carbocycles. The Kier molecular flexibility index (Phi) is 6.80. The quantitative estimate of drug-likeness (QED) is 0.687. The number of amides is 2. The van der Waals surface area contributed by atoms with Gasteiger partial charge in [-0.1, -0.05) is 12.1 Å². The number of benzene rings is 1. The molecule has 3 rings (SSSR count). The van der Waals surface area contributed by atoms with Crippen molar-refractivity contribution in [3.8, 4) is 10.6 Å². The smallest absolute Gasteiger partial charge is 0.343 e. The van der Waals surface area contributed by atoms with Gasteiger partial charge in [-0.05, 0) is 38.8 Å². The van der Waals surface area contributed by atoms with E-state index >= 15 is 0 Å². The molecule has 2 heterocycles. The van der Waals surface area contributed by atoms with Crippen LogP contribution in [0.1, 0.15) is 42.7 Å². The van der Waals surface area contributed by atoms with Crippen LogP contribution in [0.4, 0.5) is 13.2 Å². The molecule has 1 fully saturated rings. The van der Waals surface area contributed by atoms with Gasteiger partial charge < -0.3 is 9.80 Å². The van der Waals surface area contributed by atoms with E-state index in [1.807, 2.05) is 18.7 Å². The molecular formula is C21H24F3N3O2S. The molecular weight excluding hydrogens is 415 g/mol. The Labute approximate surface area is 177 Å². The van der Waals surface area contributed by atoms with Crippen LogP contribution in [-0.2, 0) is 11.0 Å². The molecule has 2 aromatic rings. The minimum Gasteiger partial charge on any atom is -0.343 e. The number of piperidine rings is 1. The Morgan fingerprint density at radius 2 is 1.87 bits per heavy atom. The van der Waals surface area contributed by atoms with Crippen LogP contribution >= 0.6 is 11.3 Å². The van der Waals surface area contributed by atoms with Crippen molar-refractivity contribution < 1.29 is 22.8 Å². The van der Waals surface area contributed by atoms with Gasteiger partial charge in [0, 0.05) is 43.0 Å². The molecule has 2 amide bonds. The van der Waals surface area contributed by atoms with Gasteiger partial charge in [0.05, 0.1) is 5.56 Å². The van der Waals surface area contributed by atoms with Gasteiger partial charge in [-0.25, -0.2) is 4.98 Å². The maximum atomic E-state index is 12.9. The zero-order chi connectivity index (χ0) is 21.9. The van der Waals surface area contributed by atoms with Crippen LogP contribution in [0.2, 0.25) is 0 Å². The van der Waals surface area contributed by atoms with Crippen LogP contribution in [0.5, 0.6) is 0 Å². The molecule has 9 heteroatoms. The first-order valence-electron chi connectivity index (χ1n) is 9.95. The largest absolute Gasteiger partial charge is 0.416 e. The fourth-order valence-corrected chi connectivity index (χ4v) is 4.41. The number of carbonyl (C=O) groups is 2. The van der Waals surface area contributed by atoms with Crippen molar-refractivity contribution in [2.75, 3.05) is 26.2 Å². The summed E-state index contributed by atoms with van der Waals surface area (Å²) in [7, 11) is 0. The lowest BCUT2D eigenvalue weighted by molar-refractivity contribution is -0.138. The van der Waals surface area contributed by atoms with Crippen molar-refractivity contribution >= 4 is 23.2 Å². The standard InChI is InChI=1S/C21H24F3N3O2S/c1-3-26(4-2)19(28)14-8-10-27(11-9-14)20(29)17-13-30-18(25-17)15-6-5-7-16(12-15)21(22,23)24/h5-7,12-14H,3-4,8-11H2,1-2H3. The van der Waals surface area contributed by atoms with Gasteiger partial charge in [0.2, 0.25) is 5.91 Å². The molecule has 1 saturated heterocycles. The maximum Gasteiger partial charge on any atom is 0.416 e. The summed E-state index contributed by atoms with van der Waals surface area (Å²) in [6.07, 6.45) is -3.23. The first kappa shape index (κ1) is 22.3. The van der Waals surface area contributed by atoms with E-state index in [9.17, 15) is 22.8 Å². The van der Waals surface area contributed by atoms with Crippen LogP contribution < -0.4 is 0 Å². The van der Waals surface area contributed by atoms with Crippen LogP contribution in [-0.4, -0.2) is 52.8 Å². The molecule has 0 unspecified atom stereocenters. The Morgan fingerprint density at radius 1 is 1.20 bits per heavy atom. The van der Waals surface area contributed by atoms with Gasteiger partial charge in [0.1, 0.15) is 10.7 Å². The molecule has 0 N–H and O–H groups in total. The van der Waals surface area contributed by atoms with Crippen molar-refractivity contribution in [2.24, 2.45) is 5.92 Å². The van der Waals surface area contributed by atoms with E-state index in [0.717, 1.165) is 23.5 Å². The number of hydrogen-bond donors (Lipinski definition) is 0. The average molecular weight is 440 g/mol. The molecule has 1 aromatic heterocycles. The predicted octanol–water partition coefficient (Wildman–Crippen LogP) is 4.55. The van der Waals surface area contributed by atoms with E-state index in [0.29, 0.717) is 49.6 Å². The third kappa shape index (κ3) is 4.83. The van der Waals surface area contributed by atoms with Crippen LogP contribution in [0.3, 0.4) is 0 Å². The summed E-state index contributed by atoms with van der Waals surface area (Å²) in [6.45, 7) is 6.17. The van der Waals surface area contributed by atoms with Gasteiger partial charge in [0.25, 0.3) is 5.91 Å². The lowest BCUT2D eigenvalue weighted by Crippen LogP contribution is -2.44. The summed E-state index contributed by atoms with van der Waals surface area (Å²) in [5, 5.41) is 1.95. The number of alkyl halides is 3. The molecule has 30 heavy (non-hydrogen) atoms. The number of halogens is 3. The highest BCUT2D eigenvalue weighted by atomic mass is 32.1. The normalized spacial score (nSPS) is 15.3. The van der Waals surface area contributed by atoms with Gasteiger partial charge in [0.15, 0.2) is 0 Å². The molecule has 0 spiro atoms. The molecule has 162 valence electrons. The minimum absolute atomic E-state index is 0.0787. The minimum atomic E-state index is -4.43. The topological polar surface area (TPSA) is 53.5 Å². The number of likely N-dealkylation sites (tertiary alicyclic amines) is 1. The summed E-state index contributed by atoms with van der Waals surface area (Å²) in [5.41, 5.74) is -0.193. The summed E-state index contributed by atoms with van der Waals surface area (Å²) >= 11 is 1.14. The fourth-order valence-electron chi connectivity index (χ4n) is 3.62. The Bertz CT molecular complexity index is 901. The van der Waals surface area contributed by atoms with E-state index in [1.165, 1.54) is 6.07 Å². The number of thiazole rings is 1. The van der Waals surface area contributed by atoms with Crippen molar-refractivity contribution in [3.05, 3.63) is 40.9 Å². The van der Waals surface area contributed by atoms with Crippen molar-refractivity contribution in [3.63, 3.8) is 0 Å².